The van der Waals surface area contributed by atoms with Crippen molar-refractivity contribution < 1.29 is 18.0 Å². The quantitative estimate of drug-likeness (QED) is 0.558. The van der Waals surface area contributed by atoms with Gasteiger partial charge in [-0.05, 0) is 48.5 Å². The van der Waals surface area contributed by atoms with E-state index in [-0.39, 0.29) is 17.3 Å². The van der Waals surface area contributed by atoms with E-state index in [0.29, 0.717) is 16.9 Å². The van der Waals surface area contributed by atoms with Gasteiger partial charge in [0.15, 0.2) is 0 Å². The summed E-state index contributed by atoms with van der Waals surface area (Å²) in [6.45, 7) is -0.205. The molecule has 0 aromatic heterocycles. The summed E-state index contributed by atoms with van der Waals surface area (Å²) in [6, 6.07) is 22.9. The molecule has 0 spiro atoms. The molecule has 0 aliphatic rings. The van der Waals surface area contributed by atoms with Gasteiger partial charge in [-0.15, -0.1) is 0 Å². The predicted molar refractivity (Wildman–Crippen MR) is 111 cm³/mol. The van der Waals surface area contributed by atoms with Gasteiger partial charge in [-0.2, -0.15) is 0 Å². The summed E-state index contributed by atoms with van der Waals surface area (Å²) in [5, 5.41) is 5.13. The largest absolute Gasteiger partial charge is 0.343 e. The summed E-state index contributed by atoms with van der Waals surface area (Å²) in [7, 11) is -3.73. The highest BCUT2D eigenvalue weighted by Gasteiger charge is 2.14. The molecule has 148 valence electrons. The van der Waals surface area contributed by atoms with Gasteiger partial charge in [-0.1, -0.05) is 36.4 Å². The molecular weight excluding hydrogens is 390 g/mol. The summed E-state index contributed by atoms with van der Waals surface area (Å²) in [6.07, 6.45) is 0. The van der Waals surface area contributed by atoms with Crippen LogP contribution in [0.1, 0.15) is 10.4 Å². The minimum atomic E-state index is -3.73. The Kier molecular flexibility index (Phi) is 6.25. The number of carbonyl (C=O) groups excluding carboxylic acids is 2. The van der Waals surface area contributed by atoms with Crippen molar-refractivity contribution in [3.8, 4) is 0 Å². The first-order valence-corrected chi connectivity index (χ1v) is 10.2. The number of sulfonamides is 1. The van der Waals surface area contributed by atoms with Crippen LogP contribution in [0.3, 0.4) is 0 Å². The van der Waals surface area contributed by atoms with Crippen molar-refractivity contribution >= 4 is 33.2 Å². The normalized spacial score (nSPS) is 10.8. The van der Waals surface area contributed by atoms with E-state index in [1.807, 2.05) is 0 Å². The molecule has 8 heteroatoms. The van der Waals surface area contributed by atoms with Gasteiger partial charge in [0.2, 0.25) is 5.91 Å². The van der Waals surface area contributed by atoms with Crippen LogP contribution in [0.25, 0.3) is 0 Å². The maximum absolute atomic E-state index is 12.4. The lowest BCUT2D eigenvalue weighted by molar-refractivity contribution is -0.115. The first-order chi connectivity index (χ1) is 13.9. The lowest BCUT2D eigenvalue weighted by atomic mass is 10.2. The summed E-state index contributed by atoms with van der Waals surface area (Å²) in [5.74, 6) is -0.776. The number of benzene rings is 3. The minimum Gasteiger partial charge on any atom is -0.343 e. The van der Waals surface area contributed by atoms with Crippen molar-refractivity contribution in [2.24, 2.45) is 0 Å². The zero-order valence-corrected chi connectivity index (χ0v) is 16.1. The Labute approximate surface area is 168 Å². The Bertz CT molecular complexity index is 1080. The van der Waals surface area contributed by atoms with Gasteiger partial charge in [0.1, 0.15) is 0 Å². The predicted octanol–water partition coefficient (Wildman–Crippen LogP) is 2.86. The second kappa shape index (κ2) is 9.03. The average Bonchev–Trinajstić information content (AvgIpc) is 2.73. The van der Waals surface area contributed by atoms with Crippen LogP contribution in [-0.2, 0) is 14.8 Å². The molecule has 0 saturated heterocycles. The third kappa shape index (κ3) is 5.66. The fourth-order valence-electron chi connectivity index (χ4n) is 2.50. The van der Waals surface area contributed by atoms with Crippen LogP contribution < -0.4 is 15.4 Å². The molecule has 2 amide bonds. The molecule has 3 rings (SSSR count). The number of para-hydroxylation sites is 1. The highest BCUT2D eigenvalue weighted by atomic mass is 32.2. The monoisotopic (exact) mass is 409 g/mol. The van der Waals surface area contributed by atoms with Gasteiger partial charge < -0.3 is 10.6 Å². The van der Waals surface area contributed by atoms with Gasteiger partial charge in [-0.3, -0.25) is 14.3 Å². The van der Waals surface area contributed by atoms with E-state index in [1.54, 1.807) is 60.7 Å². The summed E-state index contributed by atoms with van der Waals surface area (Å²) in [4.78, 5) is 24.0. The fraction of sp³-hybridized carbons (Fsp3) is 0.0476. The third-order valence-electron chi connectivity index (χ3n) is 3.92. The molecule has 7 nitrogen and oxygen atoms in total. The number of rotatable bonds is 7. The number of anilines is 2. The summed E-state index contributed by atoms with van der Waals surface area (Å²) >= 11 is 0. The van der Waals surface area contributed by atoms with E-state index in [2.05, 4.69) is 15.4 Å². The summed E-state index contributed by atoms with van der Waals surface area (Å²) in [5.41, 5.74) is 1.34. The fourth-order valence-corrected chi connectivity index (χ4v) is 3.55. The molecule has 3 aromatic rings. The van der Waals surface area contributed by atoms with Crippen LogP contribution in [-0.4, -0.2) is 26.8 Å². The van der Waals surface area contributed by atoms with Crippen molar-refractivity contribution in [1.29, 1.82) is 0 Å². The Balaban J connectivity index is 1.56. The SMILES string of the molecule is O=C(CNC(=O)c1ccccc1)Nc1ccc(S(=O)(=O)Nc2ccccc2)cc1. The zero-order valence-electron chi connectivity index (χ0n) is 15.3. The zero-order chi connectivity index (χ0) is 20.7. The average molecular weight is 409 g/mol. The second-order valence-electron chi connectivity index (χ2n) is 6.09. The van der Waals surface area contributed by atoms with Crippen LogP contribution in [0.15, 0.2) is 89.8 Å². The van der Waals surface area contributed by atoms with Gasteiger partial charge in [0.05, 0.1) is 11.4 Å². The van der Waals surface area contributed by atoms with E-state index in [0.717, 1.165) is 0 Å². The van der Waals surface area contributed by atoms with Gasteiger partial charge in [0, 0.05) is 16.9 Å². The molecule has 0 aliphatic heterocycles. The minimum absolute atomic E-state index is 0.0664. The van der Waals surface area contributed by atoms with Gasteiger partial charge >= 0.3 is 0 Å². The van der Waals surface area contributed by atoms with E-state index in [9.17, 15) is 18.0 Å². The Hall–Kier alpha value is -3.65. The van der Waals surface area contributed by atoms with Crippen LogP contribution >= 0.6 is 0 Å². The first kappa shape index (κ1) is 20.1. The van der Waals surface area contributed by atoms with Crippen LogP contribution in [0, 0.1) is 0 Å². The number of nitrogens with one attached hydrogen (secondary N) is 3. The van der Waals surface area contributed by atoms with Crippen molar-refractivity contribution in [3.63, 3.8) is 0 Å². The molecule has 3 aromatic carbocycles. The number of amides is 2. The van der Waals surface area contributed by atoms with E-state index >= 15 is 0 Å². The van der Waals surface area contributed by atoms with E-state index < -0.39 is 15.9 Å². The smallest absolute Gasteiger partial charge is 0.261 e. The lowest BCUT2D eigenvalue weighted by Crippen LogP contribution is -2.32. The maximum atomic E-state index is 12.4. The first-order valence-electron chi connectivity index (χ1n) is 8.75. The molecule has 0 unspecified atom stereocenters. The lowest BCUT2D eigenvalue weighted by Gasteiger charge is -2.10. The topological polar surface area (TPSA) is 104 Å². The Morgan fingerprint density at radius 2 is 1.31 bits per heavy atom. The molecule has 29 heavy (non-hydrogen) atoms. The van der Waals surface area contributed by atoms with Gasteiger partial charge in [-0.25, -0.2) is 8.42 Å². The molecule has 0 atom stereocenters. The van der Waals surface area contributed by atoms with Crippen molar-refractivity contribution in [2.75, 3.05) is 16.6 Å². The molecular formula is C21H19N3O4S. The molecule has 0 radical (unpaired) electrons. The molecule has 3 N–H and O–H groups in total. The standard InChI is InChI=1S/C21H19N3O4S/c25-20(15-22-21(26)16-7-3-1-4-8-16)23-17-11-13-19(14-12-17)29(27,28)24-18-9-5-2-6-10-18/h1-14,24H,15H2,(H,22,26)(H,23,25). The maximum Gasteiger partial charge on any atom is 0.261 e. The third-order valence-corrected chi connectivity index (χ3v) is 5.32. The Morgan fingerprint density at radius 1 is 0.724 bits per heavy atom. The van der Waals surface area contributed by atoms with Gasteiger partial charge in [0.25, 0.3) is 15.9 Å². The number of hydrogen-bond donors (Lipinski definition) is 3. The van der Waals surface area contributed by atoms with E-state index in [1.165, 1.54) is 24.3 Å². The number of carbonyl (C=O) groups is 2. The van der Waals surface area contributed by atoms with Crippen molar-refractivity contribution in [2.45, 2.75) is 4.90 Å². The molecule has 0 saturated carbocycles. The van der Waals surface area contributed by atoms with Crippen LogP contribution in [0.5, 0.6) is 0 Å². The van der Waals surface area contributed by atoms with Crippen molar-refractivity contribution in [3.05, 3.63) is 90.5 Å². The number of hydrogen-bond acceptors (Lipinski definition) is 4. The highest BCUT2D eigenvalue weighted by Crippen LogP contribution is 2.18. The molecule has 0 fully saturated rings. The van der Waals surface area contributed by atoms with E-state index in [4.69, 9.17) is 0 Å². The molecule has 0 heterocycles. The molecule has 0 bridgehead atoms. The highest BCUT2D eigenvalue weighted by molar-refractivity contribution is 7.92. The second-order valence-corrected chi connectivity index (χ2v) is 7.78. The van der Waals surface area contributed by atoms with Crippen LogP contribution in [0.4, 0.5) is 11.4 Å². The Morgan fingerprint density at radius 3 is 1.93 bits per heavy atom. The van der Waals surface area contributed by atoms with Crippen molar-refractivity contribution in [1.82, 2.24) is 5.32 Å². The van der Waals surface area contributed by atoms with Crippen LogP contribution in [0.2, 0.25) is 0 Å². The summed E-state index contributed by atoms with van der Waals surface area (Å²) < 4.78 is 27.3. The molecule has 0 aliphatic carbocycles.